The van der Waals surface area contributed by atoms with E-state index in [9.17, 15) is 0 Å². The van der Waals surface area contributed by atoms with Crippen LogP contribution < -0.4 is 5.32 Å². The highest BCUT2D eigenvalue weighted by Gasteiger charge is 1.97. The first-order valence-corrected chi connectivity index (χ1v) is 5.70. The van der Waals surface area contributed by atoms with Crippen LogP contribution in [0.4, 0.5) is 5.69 Å². The fourth-order valence-corrected chi connectivity index (χ4v) is 1.37. The van der Waals surface area contributed by atoms with Gasteiger partial charge in [0.2, 0.25) is 0 Å². The summed E-state index contributed by atoms with van der Waals surface area (Å²) in [6, 6.07) is 8.53. The fraction of sp³-hybridized carbons (Fsp3) is 0.538. The van der Waals surface area contributed by atoms with Gasteiger partial charge in [-0.2, -0.15) is 0 Å². The Hall–Kier alpha value is -0.980. The molecular weight excluding hydrogens is 170 g/mol. The quantitative estimate of drug-likeness (QED) is 0.759. The van der Waals surface area contributed by atoms with Gasteiger partial charge in [0.05, 0.1) is 0 Å². The van der Waals surface area contributed by atoms with Crippen LogP contribution in [0.2, 0.25) is 0 Å². The molecule has 1 N–H and O–H groups in total. The maximum Gasteiger partial charge on any atom is 0.0372 e. The van der Waals surface area contributed by atoms with Gasteiger partial charge in [0.15, 0.2) is 0 Å². The number of nitrogens with one attached hydrogen (secondary N) is 1. The third kappa shape index (κ3) is 4.31. The van der Waals surface area contributed by atoms with Crippen LogP contribution >= 0.6 is 0 Å². The van der Waals surface area contributed by atoms with Crippen LogP contribution in [0.3, 0.4) is 0 Å². The molecule has 14 heavy (non-hydrogen) atoms. The molecular formula is C13H23N. The van der Waals surface area contributed by atoms with E-state index in [1.807, 2.05) is 13.8 Å². The number of hydrogen-bond acceptors (Lipinski definition) is 1. The van der Waals surface area contributed by atoms with Crippen LogP contribution in [-0.2, 0) is 6.42 Å². The number of anilines is 1. The zero-order valence-corrected chi connectivity index (χ0v) is 9.93. The highest BCUT2D eigenvalue weighted by atomic mass is 14.9. The highest BCUT2D eigenvalue weighted by Crippen LogP contribution is 2.15. The molecule has 0 radical (unpaired) electrons. The Morgan fingerprint density at radius 1 is 1.07 bits per heavy atom. The van der Waals surface area contributed by atoms with Gasteiger partial charge in [0.1, 0.15) is 0 Å². The van der Waals surface area contributed by atoms with Gasteiger partial charge in [-0.05, 0) is 25.0 Å². The first kappa shape index (κ1) is 13.0. The van der Waals surface area contributed by atoms with Crippen molar-refractivity contribution in [3.05, 3.63) is 29.8 Å². The predicted molar refractivity (Wildman–Crippen MR) is 65.9 cm³/mol. The second-order valence-electron chi connectivity index (χ2n) is 2.94. The lowest BCUT2D eigenvalue weighted by Crippen LogP contribution is -2.00. The van der Waals surface area contributed by atoms with E-state index >= 15 is 0 Å². The van der Waals surface area contributed by atoms with E-state index in [0.717, 1.165) is 6.54 Å². The largest absolute Gasteiger partial charge is 0.385 e. The monoisotopic (exact) mass is 193 g/mol. The lowest BCUT2D eigenvalue weighted by atomic mass is 10.1. The normalized spacial score (nSPS) is 8.86. The summed E-state index contributed by atoms with van der Waals surface area (Å²) in [4.78, 5) is 0. The van der Waals surface area contributed by atoms with Gasteiger partial charge in [-0.3, -0.25) is 0 Å². The number of aryl methyl sites for hydroxylation is 1. The summed E-state index contributed by atoms with van der Waals surface area (Å²) in [6.07, 6.45) is 2.38. The summed E-state index contributed by atoms with van der Waals surface area (Å²) in [5, 5.41) is 3.36. The minimum absolute atomic E-state index is 1.00. The molecule has 0 saturated carbocycles. The van der Waals surface area contributed by atoms with Crippen molar-refractivity contribution < 1.29 is 0 Å². The molecule has 0 saturated heterocycles. The van der Waals surface area contributed by atoms with Crippen molar-refractivity contribution in [2.75, 3.05) is 11.9 Å². The lowest BCUT2D eigenvalue weighted by Gasteiger charge is -2.08. The zero-order valence-electron chi connectivity index (χ0n) is 9.93. The summed E-state index contributed by atoms with van der Waals surface area (Å²) in [6.45, 7) is 9.34. The molecule has 0 spiro atoms. The molecule has 0 aromatic heterocycles. The van der Waals surface area contributed by atoms with Gasteiger partial charge < -0.3 is 5.32 Å². The van der Waals surface area contributed by atoms with Crippen molar-refractivity contribution in [1.82, 2.24) is 0 Å². The Bertz CT molecular complexity index is 205. The van der Waals surface area contributed by atoms with Crippen molar-refractivity contribution in [3.63, 3.8) is 0 Å². The molecule has 1 aromatic rings. The van der Waals surface area contributed by atoms with Crippen LogP contribution in [-0.4, -0.2) is 6.54 Å². The Kier molecular flexibility index (Phi) is 8.01. The van der Waals surface area contributed by atoms with Crippen molar-refractivity contribution in [1.29, 1.82) is 0 Å². The van der Waals surface area contributed by atoms with Gasteiger partial charge in [-0.15, -0.1) is 0 Å². The summed E-state index contributed by atoms with van der Waals surface area (Å²) in [5.41, 5.74) is 2.73. The van der Waals surface area contributed by atoms with Gasteiger partial charge in [0, 0.05) is 12.2 Å². The number of benzene rings is 1. The Morgan fingerprint density at radius 2 is 1.71 bits per heavy atom. The van der Waals surface area contributed by atoms with Crippen molar-refractivity contribution in [2.45, 2.75) is 40.5 Å². The summed E-state index contributed by atoms with van der Waals surface area (Å²) in [5.74, 6) is 0. The molecule has 1 aromatic carbocycles. The van der Waals surface area contributed by atoms with Crippen molar-refractivity contribution in [3.8, 4) is 0 Å². The lowest BCUT2D eigenvalue weighted by molar-refractivity contribution is 0.921. The molecule has 0 aliphatic rings. The number of para-hydroxylation sites is 1. The molecule has 0 fully saturated rings. The third-order valence-corrected chi connectivity index (χ3v) is 1.90. The minimum atomic E-state index is 1.00. The van der Waals surface area contributed by atoms with E-state index < -0.39 is 0 Å². The van der Waals surface area contributed by atoms with Gasteiger partial charge in [-0.1, -0.05) is 45.4 Å². The maximum atomic E-state index is 3.36. The highest BCUT2D eigenvalue weighted by molar-refractivity contribution is 5.50. The standard InChI is InChI=1S/C11H17N.C2H6/c1-3-7-10-8-5-6-9-11(10)12-4-2;1-2/h5-6,8-9,12H,3-4,7H2,1-2H3;1-2H3. The Balaban J connectivity index is 0.000000791. The average molecular weight is 193 g/mol. The predicted octanol–water partition coefficient (Wildman–Crippen LogP) is 4.10. The van der Waals surface area contributed by atoms with E-state index in [1.165, 1.54) is 24.1 Å². The van der Waals surface area contributed by atoms with E-state index in [4.69, 9.17) is 0 Å². The molecule has 0 unspecified atom stereocenters. The topological polar surface area (TPSA) is 12.0 Å². The summed E-state index contributed by atoms with van der Waals surface area (Å²) < 4.78 is 0. The number of rotatable bonds is 4. The molecule has 1 rings (SSSR count). The Morgan fingerprint density at radius 3 is 2.29 bits per heavy atom. The van der Waals surface area contributed by atoms with E-state index in [2.05, 4.69) is 43.4 Å². The van der Waals surface area contributed by atoms with E-state index in [0.29, 0.717) is 0 Å². The second kappa shape index (κ2) is 8.61. The molecule has 1 heteroatoms. The van der Waals surface area contributed by atoms with Crippen molar-refractivity contribution >= 4 is 5.69 Å². The molecule has 80 valence electrons. The van der Waals surface area contributed by atoms with Gasteiger partial charge in [0.25, 0.3) is 0 Å². The average Bonchev–Trinajstić information content (AvgIpc) is 2.25. The van der Waals surface area contributed by atoms with Gasteiger partial charge in [-0.25, -0.2) is 0 Å². The maximum absolute atomic E-state index is 3.36. The zero-order chi connectivity index (χ0) is 10.8. The van der Waals surface area contributed by atoms with Crippen molar-refractivity contribution in [2.24, 2.45) is 0 Å². The number of hydrogen-bond donors (Lipinski definition) is 1. The molecule has 0 amide bonds. The van der Waals surface area contributed by atoms with E-state index in [-0.39, 0.29) is 0 Å². The first-order valence-electron chi connectivity index (χ1n) is 5.70. The van der Waals surface area contributed by atoms with Crippen LogP contribution in [0.15, 0.2) is 24.3 Å². The molecule has 0 atom stereocenters. The molecule has 1 nitrogen and oxygen atoms in total. The summed E-state index contributed by atoms with van der Waals surface area (Å²) >= 11 is 0. The van der Waals surface area contributed by atoms with E-state index in [1.54, 1.807) is 0 Å². The first-order chi connectivity index (χ1) is 6.88. The Labute approximate surface area is 88.5 Å². The van der Waals surface area contributed by atoms with Crippen LogP contribution in [0, 0.1) is 0 Å². The molecule has 0 aliphatic carbocycles. The summed E-state index contributed by atoms with van der Waals surface area (Å²) in [7, 11) is 0. The van der Waals surface area contributed by atoms with Gasteiger partial charge >= 0.3 is 0 Å². The fourth-order valence-electron chi connectivity index (χ4n) is 1.37. The molecule has 0 bridgehead atoms. The SMILES string of the molecule is CC.CCCc1ccccc1NCC. The third-order valence-electron chi connectivity index (χ3n) is 1.90. The van der Waals surface area contributed by atoms with Crippen LogP contribution in [0.25, 0.3) is 0 Å². The molecule has 0 heterocycles. The minimum Gasteiger partial charge on any atom is -0.385 e. The van der Waals surface area contributed by atoms with Crippen LogP contribution in [0.5, 0.6) is 0 Å². The smallest absolute Gasteiger partial charge is 0.0372 e. The second-order valence-corrected chi connectivity index (χ2v) is 2.94. The van der Waals surface area contributed by atoms with Crippen LogP contribution in [0.1, 0.15) is 39.7 Å². The molecule has 0 aliphatic heterocycles.